The molecular formula is C9H19B2O5PS. The van der Waals surface area contributed by atoms with Crippen molar-refractivity contribution in [3.8, 4) is 0 Å². The third kappa shape index (κ3) is 6.15. The first-order valence-electron chi connectivity index (χ1n) is 5.95. The van der Waals surface area contributed by atoms with Crippen molar-refractivity contribution >= 4 is 32.9 Å². The Morgan fingerprint density at radius 1 is 1.50 bits per heavy atom. The van der Waals surface area contributed by atoms with Gasteiger partial charge in [0.05, 0.1) is 26.0 Å². The molecule has 0 aromatic heterocycles. The van der Waals surface area contributed by atoms with Crippen molar-refractivity contribution in [2.45, 2.75) is 51.4 Å². The summed E-state index contributed by atoms with van der Waals surface area (Å²) in [7, 11) is 3.80. The van der Waals surface area contributed by atoms with Crippen molar-refractivity contribution in [2.75, 3.05) is 6.61 Å². The van der Waals surface area contributed by atoms with Gasteiger partial charge in [0.1, 0.15) is 13.3 Å². The molecule has 0 aliphatic carbocycles. The van der Waals surface area contributed by atoms with E-state index in [2.05, 4.69) is 11.8 Å². The summed E-state index contributed by atoms with van der Waals surface area (Å²) in [6, 6.07) is -0.0951. The zero-order chi connectivity index (χ0) is 13.8. The highest BCUT2D eigenvalue weighted by atomic mass is 32.5. The molecular weight excluding hydrogens is 273 g/mol. The average Bonchev–Trinajstić information content (AvgIpc) is 2.55. The summed E-state index contributed by atoms with van der Waals surface area (Å²) in [6.07, 6.45) is -0.127. The van der Waals surface area contributed by atoms with Gasteiger partial charge < -0.3 is 23.8 Å². The second kappa shape index (κ2) is 7.39. The van der Waals surface area contributed by atoms with Crippen LogP contribution in [0.15, 0.2) is 0 Å². The largest absolute Gasteiger partial charge is 0.380 e. The number of ether oxygens (including phenoxy) is 2. The van der Waals surface area contributed by atoms with Crippen LogP contribution >= 0.6 is 6.72 Å². The Labute approximate surface area is 115 Å². The Kier molecular flexibility index (Phi) is 6.82. The summed E-state index contributed by atoms with van der Waals surface area (Å²) in [5.41, 5.74) is 0. The van der Waals surface area contributed by atoms with Crippen molar-refractivity contribution in [3.63, 3.8) is 0 Å². The molecule has 3 atom stereocenters. The van der Waals surface area contributed by atoms with Gasteiger partial charge in [-0.1, -0.05) is 6.82 Å². The van der Waals surface area contributed by atoms with Crippen LogP contribution in [0.3, 0.4) is 0 Å². The summed E-state index contributed by atoms with van der Waals surface area (Å²) in [4.78, 5) is 18.5. The Balaban J connectivity index is 2.55. The molecule has 0 spiro atoms. The third-order valence-electron chi connectivity index (χ3n) is 2.50. The van der Waals surface area contributed by atoms with Gasteiger partial charge in [0.25, 0.3) is 0 Å². The monoisotopic (exact) mass is 292 g/mol. The van der Waals surface area contributed by atoms with Gasteiger partial charge in [-0.3, -0.25) is 0 Å². The summed E-state index contributed by atoms with van der Waals surface area (Å²) >= 11 is 4.50. The number of hydrogen-bond acceptors (Lipinski definition) is 4. The molecule has 0 aromatic rings. The molecule has 2 radical (unpaired) electrons. The van der Waals surface area contributed by atoms with Crippen molar-refractivity contribution in [3.05, 3.63) is 0 Å². The van der Waals surface area contributed by atoms with E-state index in [1.807, 2.05) is 35.0 Å². The summed E-state index contributed by atoms with van der Waals surface area (Å²) in [6.45, 7) is 2.44. The molecule has 0 aromatic carbocycles. The van der Waals surface area contributed by atoms with Crippen LogP contribution in [0.1, 0.15) is 20.3 Å². The van der Waals surface area contributed by atoms with E-state index in [0.29, 0.717) is 13.0 Å². The van der Waals surface area contributed by atoms with E-state index in [9.17, 15) is 9.79 Å². The van der Waals surface area contributed by atoms with Gasteiger partial charge in [0.2, 0.25) is 0 Å². The first kappa shape index (κ1) is 16.6. The quantitative estimate of drug-likeness (QED) is 0.526. The molecule has 2 N–H and O–H groups in total. The molecule has 1 aliphatic heterocycles. The minimum absolute atomic E-state index is 0.0846. The Hall–Kier alpha value is 0.580. The molecule has 0 amide bonds. The van der Waals surface area contributed by atoms with Gasteiger partial charge in [0.15, 0.2) is 0 Å². The van der Waals surface area contributed by atoms with E-state index in [1.165, 1.54) is 0 Å². The lowest BCUT2D eigenvalue weighted by Crippen LogP contribution is -2.30. The highest BCUT2D eigenvalue weighted by molar-refractivity contribution is 8.06. The Morgan fingerprint density at radius 3 is 2.67 bits per heavy atom. The summed E-state index contributed by atoms with van der Waals surface area (Å²) in [5.74, 6) is 0. The first-order valence-corrected chi connectivity index (χ1v) is 8.58. The van der Waals surface area contributed by atoms with Crippen LogP contribution < -0.4 is 0 Å². The molecule has 1 heterocycles. The van der Waals surface area contributed by atoms with E-state index in [4.69, 9.17) is 14.0 Å². The maximum Gasteiger partial charge on any atom is 0.322 e. The molecule has 1 rings (SSSR count). The van der Waals surface area contributed by atoms with Crippen LogP contribution in [0.25, 0.3) is 0 Å². The fraction of sp³-hybridized carbons (Fsp3) is 1.00. The molecule has 9 heteroatoms. The lowest BCUT2D eigenvalue weighted by molar-refractivity contribution is -0.0435. The molecule has 0 saturated carbocycles. The molecule has 3 unspecified atom stereocenters. The standard InChI is InChI=1S/C9H19B2O5PS/c1-6(2)14-5-8-7(16-17(12,13)18)4-9(15-8)11-10-3/h6-9H,4-5H2,1-3H3,(H2,12,13,18). The van der Waals surface area contributed by atoms with Crippen LogP contribution in [0.4, 0.5) is 0 Å². The summed E-state index contributed by atoms with van der Waals surface area (Å²) < 4.78 is 16.3. The number of hydrogen-bond donors (Lipinski definition) is 2. The molecule has 102 valence electrons. The van der Waals surface area contributed by atoms with Crippen molar-refractivity contribution in [2.24, 2.45) is 0 Å². The fourth-order valence-electron chi connectivity index (χ4n) is 1.81. The van der Waals surface area contributed by atoms with Crippen LogP contribution in [-0.2, 0) is 25.8 Å². The molecule has 1 aliphatic rings. The van der Waals surface area contributed by atoms with E-state index in [-0.39, 0.29) is 18.2 Å². The van der Waals surface area contributed by atoms with Crippen molar-refractivity contribution < 1.29 is 23.8 Å². The third-order valence-corrected chi connectivity index (χ3v) is 3.31. The van der Waals surface area contributed by atoms with E-state index < -0.39 is 12.8 Å². The van der Waals surface area contributed by atoms with Gasteiger partial charge in [0, 0.05) is 6.00 Å². The minimum atomic E-state index is -3.67. The highest BCUT2D eigenvalue weighted by Crippen LogP contribution is 2.42. The maximum atomic E-state index is 9.23. The summed E-state index contributed by atoms with van der Waals surface area (Å²) in [5, 5.41) is 0. The topological polar surface area (TPSA) is 68.2 Å². The van der Waals surface area contributed by atoms with E-state index in [0.717, 1.165) is 0 Å². The smallest absolute Gasteiger partial charge is 0.322 e. The zero-order valence-corrected chi connectivity index (χ0v) is 12.6. The van der Waals surface area contributed by atoms with Gasteiger partial charge in [-0.25, -0.2) is 0 Å². The molecule has 5 nitrogen and oxygen atoms in total. The normalized spacial score (nSPS) is 28.7. The molecule has 1 saturated heterocycles. The highest BCUT2D eigenvalue weighted by Gasteiger charge is 2.38. The fourth-order valence-corrected chi connectivity index (χ4v) is 2.71. The minimum Gasteiger partial charge on any atom is -0.380 e. The van der Waals surface area contributed by atoms with Gasteiger partial charge in [-0.15, -0.1) is 0 Å². The Bertz CT molecular complexity index is 301. The Morgan fingerprint density at radius 2 is 2.17 bits per heavy atom. The second-order valence-corrected chi connectivity index (χ2v) is 7.11. The zero-order valence-electron chi connectivity index (χ0n) is 10.9. The van der Waals surface area contributed by atoms with Crippen molar-refractivity contribution in [1.82, 2.24) is 0 Å². The predicted molar refractivity (Wildman–Crippen MR) is 75.3 cm³/mol. The van der Waals surface area contributed by atoms with Gasteiger partial charge in [-0.2, -0.15) is 0 Å². The SMILES string of the molecule is C[B][B]C1CC(OP(O)(O)=S)C(COC(C)C)O1. The van der Waals surface area contributed by atoms with Gasteiger partial charge >= 0.3 is 6.72 Å². The molecule has 1 fully saturated rings. The van der Waals surface area contributed by atoms with Crippen LogP contribution in [0.2, 0.25) is 6.82 Å². The van der Waals surface area contributed by atoms with Crippen molar-refractivity contribution in [1.29, 1.82) is 0 Å². The van der Waals surface area contributed by atoms with Crippen LogP contribution in [0.5, 0.6) is 0 Å². The second-order valence-electron chi connectivity index (χ2n) is 4.49. The maximum absolute atomic E-state index is 9.23. The lowest BCUT2D eigenvalue weighted by atomic mass is 9.38. The molecule has 18 heavy (non-hydrogen) atoms. The van der Waals surface area contributed by atoms with Crippen LogP contribution in [-0.4, -0.2) is 55.0 Å². The lowest BCUT2D eigenvalue weighted by Gasteiger charge is -2.21. The first-order chi connectivity index (χ1) is 8.31. The van der Waals surface area contributed by atoms with Gasteiger partial charge in [-0.05, 0) is 32.1 Å². The van der Waals surface area contributed by atoms with Crippen LogP contribution in [0, 0.1) is 0 Å². The van der Waals surface area contributed by atoms with E-state index in [1.54, 1.807) is 0 Å². The predicted octanol–water partition coefficient (Wildman–Crippen LogP) is 0.492. The molecule has 0 bridgehead atoms. The average molecular weight is 292 g/mol. The van der Waals surface area contributed by atoms with E-state index >= 15 is 0 Å². The number of rotatable bonds is 7.